The van der Waals surface area contributed by atoms with Crippen LogP contribution in [0.5, 0.6) is 0 Å². The van der Waals surface area contributed by atoms with E-state index in [4.69, 9.17) is 0 Å². The van der Waals surface area contributed by atoms with Crippen molar-refractivity contribution in [2.24, 2.45) is 0 Å². The maximum Gasteiger partial charge on any atom is 0.266 e. The van der Waals surface area contributed by atoms with Crippen LogP contribution < -0.4 is 5.32 Å². The van der Waals surface area contributed by atoms with Crippen molar-refractivity contribution in [3.8, 4) is 0 Å². The van der Waals surface area contributed by atoms with Gasteiger partial charge in [-0.3, -0.25) is 4.79 Å². The van der Waals surface area contributed by atoms with E-state index in [0.717, 1.165) is 4.31 Å². The van der Waals surface area contributed by atoms with Gasteiger partial charge in [0.25, 0.3) is 5.91 Å². The molecule has 3 aromatic rings. The molecule has 1 heterocycles. The fraction of sp³-hybridized carbons (Fsp3) is 0.167. The molecule has 26 heavy (non-hydrogen) atoms. The molecule has 2 aromatic carbocycles. The summed E-state index contributed by atoms with van der Waals surface area (Å²) in [6.07, 6.45) is 0. The lowest BCUT2D eigenvalue weighted by Crippen LogP contribution is -2.22. The van der Waals surface area contributed by atoms with E-state index in [0.29, 0.717) is 26.2 Å². The molecule has 136 valence electrons. The number of hydrogen-bond acceptors (Lipinski definition) is 4. The van der Waals surface area contributed by atoms with Crippen molar-refractivity contribution in [2.45, 2.75) is 11.8 Å². The predicted octanol–water partition coefficient (Wildman–Crippen LogP) is 3.85. The van der Waals surface area contributed by atoms with Crippen molar-refractivity contribution < 1.29 is 17.6 Å². The van der Waals surface area contributed by atoms with Crippen molar-refractivity contribution in [3.05, 3.63) is 58.7 Å². The Labute approximate surface area is 155 Å². The van der Waals surface area contributed by atoms with E-state index in [1.807, 2.05) is 0 Å². The number of nitrogens with zero attached hydrogens (tertiary/aromatic N) is 1. The number of benzene rings is 2. The molecular weight excluding hydrogens is 375 g/mol. The van der Waals surface area contributed by atoms with E-state index < -0.39 is 15.9 Å². The molecule has 8 heteroatoms. The fourth-order valence-corrected chi connectivity index (χ4v) is 4.67. The Bertz CT molecular complexity index is 1100. The number of aryl methyl sites for hydroxylation is 1. The molecule has 3 rings (SSSR count). The van der Waals surface area contributed by atoms with E-state index in [2.05, 4.69) is 5.32 Å². The molecule has 0 aliphatic carbocycles. The molecule has 0 atom stereocenters. The van der Waals surface area contributed by atoms with Crippen LogP contribution in [0.15, 0.2) is 47.4 Å². The van der Waals surface area contributed by atoms with Gasteiger partial charge in [-0.25, -0.2) is 17.1 Å². The van der Waals surface area contributed by atoms with Gasteiger partial charge >= 0.3 is 0 Å². The largest absolute Gasteiger partial charge is 0.321 e. The van der Waals surface area contributed by atoms with Gasteiger partial charge in [-0.05, 0) is 42.8 Å². The van der Waals surface area contributed by atoms with Crippen LogP contribution in [0.4, 0.5) is 10.1 Å². The Balaban J connectivity index is 1.95. The minimum absolute atomic E-state index is 0.0828. The number of rotatable bonds is 4. The van der Waals surface area contributed by atoms with Gasteiger partial charge in [0.2, 0.25) is 10.0 Å². The average Bonchev–Trinajstić information content (AvgIpc) is 2.93. The number of nitrogens with one attached hydrogen (secondary N) is 1. The maximum atomic E-state index is 14.0. The summed E-state index contributed by atoms with van der Waals surface area (Å²) in [6.45, 7) is 1.70. The van der Waals surface area contributed by atoms with Crippen LogP contribution in [0.2, 0.25) is 0 Å². The summed E-state index contributed by atoms with van der Waals surface area (Å²) in [5.74, 6) is -0.767. The van der Waals surface area contributed by atoms with Crippen LogP contribution >= 0.6 is 11.3 Å². The first-order chi connectivity index (χ1) is 12.2. The van der Waals surface area contributed by atoms with Gasteiger partial charge in [-0.2, -0.15) is 0 Å². The summed E-state index contributed by atoms with van der Waals surface area (Å²) in [7, 11) is -0.719. The number of amides is 1. The SMILES string of the molecule is Cc1c(C(=O)Nc2cccc(S(=O)(=O)N(C)C)c2)sc2cccc(F)c12. The molecule has 0 aliphatic heterocycles. The first-order valence-corrected chi connectivity index (χ1v) is 9.99. The highest BCUT2D eigenvalue weighted by Crippen LogP contribution is 2.33. The average molecular weight is 392 g/mol. The fourth-order valence-electron chi connectivity index (χ4n) is 2.60. The summed E-state index contributed by atoms with van der Waals surface area (Å²) in [6, 6.07) is 10.8. The number of carbonyl (C=O) groups excluding carboxylic acids is 1. The molecule has 5 nitrogen and oxygen atoms in total. The molecule has 1 N–H and O–H groups in total. The van der Waals surface area contributed by atoms with Gasteiger partial charge in [0.05, 0.1) is 9.77 Å². The van der Waals surface area contributed by atoms with E-state index in [1.54, 1.807) is 31.2 Å². The van der Waals surface area contributed by atoms with Crippen LogP contribution in [-0.4, -0.2) is 32.7 Å². The molecule has 1 amide bonds. The van der Waals surface area contributed by atoms with Gasteiger partial charge in [0.1, 0.15) is 5.82 Å². The number of thiophene rings is 1. The first-order valence-electron chi connectivity index (χ1n) is 7.73. The van der Waals surface area contributed by atoms with Crippen molar-refractivity contribution in [2.75, 3.05) is 19.4 Å². The number of hydrogen-bond donors (Lipinski definition) is 1. The van der Waals surface area contributed by atoms with Crippen molar-refractivity contribution in [3.63, 3.8) is 0 Å². The van der Waals surface area contributed by atoms with E-state index in [1.165, 1.54) is 43.6 Å². The Morgan fingerprint density at radius 1 is 1.15 bits per heavy atom. The Morgan fingerprint density at radius 3 is 2.50 bits per heavy atom. The molecule has 0 saturated carbocycles. The minimum atomic E-state index is -3.60. The summed E-state index contributed by atoms with van der Waals surface area (Å²) < 4.78 is 40.3. The van der Waals surface area contributed by atoms with Crippen LogP contribution in [0, 0.1) is 12.7 Å². The van der Waals surface area contributed by atoms with Crippen LogP contribution in [0.3, 0.4) is 0 Å². The number of halogens is 1. The zero-order valence-electron chi connectivity index (χ0n) is 14.4. The summed E-state index contributed by atoms with van der Waals surface area (Å²) in [5, 5.41) is 3.13. The van der Waals surface area contributed by atoms with Crippen LogP contribution in [0.25, 0.3) is 10.1 Å². The number of sulfonamides is 1. The van der Waals surface area contributed by atoms with Crippen molar-refractivity contribution >= 4 is 43.0 Å². The highest BCUT2D eigenvalue weighted by molar-refractivity contribution is 7.89. The quantitative estimate of drug-likeness (QED) is 0.733. The van der Waals surface area contributed by atoms with Gasteiger partial charge in [0.15, 0.2) is 0 Å². The Hall–Kier alpha value is -2.29. The number of fused-ring (bicyclic) bond motifs is 1. The molecule has 1 aromatic heterocycles. The standard InChI is InChI=1S/C18H17FN2O3S2/c1-11-16-14(19)8-5-9-15(16)25-17(11)18(22)20-12-6-4-7-13(10-12)26(23,24)21(2)3/h4-10H,1-3H3,(H,20,22). The third-order valence-corrected chi connectivity index (χ3v) is 7.05. The lowest BCUT2D eigenvalue weighted by atomic mass is 10.1. The molecule has 0 bridgehead atoms. The highest BCUT2D eigenvalue weighted by Gasteiger charge is 2.20. The Kier molecular flexibility index (Phi) is 4.83. The monoisotopic (exact) mass is 392 g/mol. The zero-order valence-corrected chi connectivity index (χ0v) is 16.0. The van der Waals surface area contributed by atoms with Crippen LogP contribution in [-0.2, 0) is 10.0 Å². The lowest BCUT2D eigenvalue weighted by Gasteiger charge is -2.12. The van der Waals surface area contributed by atoms with Gasteiger partial charge in [-0.15, -0.1) is 11.3 Å². The first kappa shape index (κ1) is 18.5. The third kappa shape index (κ3) is 3.23. The lowest BCUT2D eigenvalue weighted by molar-refractivity contribution is 0.103. The second kappa shape index (κ2) is 6.79. The molecule has 0 aliphatic rings. The molecule has 0 radical (unpaired) electrons. The topological polar surface area (TPSA) is 66.5 Å². The molecule has 0 unspecified atom stereocenters. The molecular formula is C18H17FN2O3S2. The normalized spacial score (nSPS) is 11.9. The van der Waals surface area contributed by atoms with Gasteiger partial charge in [0, 0.05) is 29.9 Å². The third-order valence-electron chi connectivity index (χ3n) is 3.98. The van der Waals surface area contributed by atoms with Gasteiger partial charge in [-0.1, -0.05) is 12.1 Å². The van der Waals surface area contributed by atoms with Crippen molar-refractivity contribution in [1.82, 2.24) is 4.31 Å². The van der Waals surface area contributed by atoms with Gasteiger partial charge < -0.3 is 5.32 Å². The Morgan fingerprint density at radius 2 is 1.85 bits per heavy atom. The van der Waals surface area contributed by atoms with Crippen molar-refractivity contribution in [1.29, 1.82) is 0 Å². The minimum Gasteiger partial charge on any atom is -0.321 e. The smallest absolute Gasteiger partial charge is 0.266 e. The zero-order chi connectivity index (χ0) is 19.1. The number of carbonyl (C=O) groups is 1. The summed E-state index contributed by atoms with van der Waals surface area (Å²) >= 11 is 1.20. The maximum absolute atomic E-state index is 14.0. The van der Waals surface area contributed by atoms with E-state index in [-0.39, 0.29) is 10.7 Å². The van der Waals surface area contributed by atoms with E-state index >= 15 is 0 Å². The van der Waals surface area contributed by atoms with Crippen LogP contribution in [0.1, 0.15) is 15.2 Å². The number of anilines is 1. The summed E-state index contributed by atoms with van der Waals surface area (Å²) in [5.41, 5.74) is 0.924. The second-order valence-electron chi connectivity index (χ2n) is 5.94. The second-order valence-corrected chi connectivity index (χ2v) is 9.14. The highest BCUT2D eigenvalue weighted by atomic mass is 32.2. The molecule has 0 saturated heterocycles. The van der Waals surface area contributed by atoms with E-state index in [9.17, 15) is 17.6 Å². The molecule has 0 fully saturated rings. The predicted molar refractivity (Wildman–Crippen MR) is 102 cm³/mol. The molecule has 0 spiro atoms. The summed E-state index contributed by atoms with van der Waals surface area (Å²) in [4.78, 5) is 13.1.